The predicted octanol–water partition coefficient (Wildman–Crippen LogP) is 5.27. The maximum Gasteiger partial charge on any atom is 0.416 e. The lowest BCUT2D eigenvalue weighted by molar-refractivity contribution is -0.138. The van der Waals surface area contributed by atoms with E-state index in [-0.39, 0.29) is 16.6 Å². The number of nitrogens with zero attached hydrogens (tertiary/aromatic N) is 2. The maximum atomic E-state index is 13.2. The second-order valence-electron chi connectivity index (χ2n) is 5.59. The van der Waals surface area contributed by atoms with Gasteiger partial charge in [0.1, 0.15) is 11.8 Å². The Morgan fingerprint density at radius 2 is 1.96 bits per heavy atom. The van der Waals surface area contributed by atoms with Gasteiger partial charge in [-0.25, -0.2) is 9.78 Å². The number of carbonyl (C=O) groups is 1. The first-order chi connectivity index (χ1) is 12.8. The maximum absolute atomic E-state index is 13.2. The summed E-state index contributed by atoms with van der Waals surface area (Å²) in [5, 5.41) is 0. The van der Waals surface area contributed by atoms with E-state index in [9.17, 15) is 18.0 Å². The fraction of sp³-hybridized carbons (Fsp3) is 0.158. The summed E-state index contributed by atoms with van der Waals surface area (Å²) in [6.45, 7) is 1.86. The zero-order valence-corrected chi connectivity index (χ0v) is 15.7. The van der Waals surface area contributed by atoms with E-state index in [1.165, 1.54) is 17.0 Å². The van der Waals surface area contributed by atoms with Crippen LogP contribution in [0.25, 0.3) is 16.7 Å². The normalized spacial score (nSPS) is 12.4. The molecule has 0 saturated heterocycles. The lowest BCUT2D eigenvalue weighted by Crippen LogP contribution is -2.07. The van der Waals surface area contributed by atoms with Crippen LogP contribution in [0.4, 0.5) is 13.2 Å². The topological polar surface area (TPSA) is 44.1 Å². The van der Waals surface area contributed by atoms with Crippen LogP contribution in [0.2, 0.25) is 0 Å². The second-order valence-corrected chi connectivity index (χ2v) is 6.44. The van der Waals surface area contributed by atoms with Crippen molar-refractivity contribution in [1.29, 1.82) is 0 Å². The van der Waals surface area contributed by atoms with E-state index in [4.69, 9.17) is 4.74 Å². The Bertz CT molecular complexity index is 1010. The molecule has 0 fully saturated rings. The van der Waals surface area contributed by atoms with Crippen LogP contribution in [0.5, 0.6) is 0 Å². The number of hydrogen-bond acceptors (Lipinski definition) is 3. The third-order valence-electron chi connectivity index (χ3n) is 3.80. The average molecular weight is 439 g/mol. The summed E-state index contributed by atoms with van der Waals surface area (Å²) in [7, 11) is 0. The quantitative estimate of drug-likeness (QED) is 0.411. The fourth-order valence-corrected chi connectivity index (χ4v) is 3.18. The van der Waals surface area contributed by atoms with Crippen molar-refractivity contribution in [2.75, 3.05) is 6.61 Å². The molecule has 0 atom stereocenters. The molecule has 0 N–H and O–H groups in total. The van der Waals surface area contributed by atoms with Crippen LogP contribution < -0.4 is 0 Å². The minimum atomic E-state index is -4.51. The molecular formula is C19H14BrF3N2O2. The van der Waals surface area contributed by atoms with Gasteiger partial charge in [-0.05, 0) is 40.5 Å². The molecule has 1 aromatic heterocycles. The Labute approximate surface area is 161 Å². The fourth-order valence-electron chi connectivity index (χ4n) is 2.63. The molecule has 0 radical (unpaired) electrons. The van der Waals surface area contributed by atoms with Gasteiger partial charge in [0.25, 0.3) is 0 Å². The molecule has 0 aliphatic rings. The number of aromatic nitrogens is 2. The molecule has 2 aromatic carbocycles. The number of carbonyl (C=O) groups excluding carboxylic acids is 1. The SMILES string of the molecule is CCOC(=O)/C=C(\c1ccccc1)n1cnc2c(Br)cc(C(F)(F)F)cc21. The van der Waals surface area contributed by atoms with Gasteiger partial charge in [0.05, 0.1) is 23.4 Å². The van der Waals surface area contributed by atoms with Crippen molar-refractivity contribution < 1.29 is 22.7 Å². The molecule has 1 heterocycles. The average Bonchev–Trinajstić information content (AvgIpc) is 3.04. The van der Waals surface area contributed by atoms with E-state index < -0.39 is 17.7 Å². The summed E-state index contributed by atoms with van der Waals surface area (Å²) >= 11 is 3.15. The lowest BCUT2D eigenvalue weighted by atomic mass is 10.1. The molecule has 4 nitrogen and oxygen atoms in total. The Kier molecular flexibility index (Phi) is 5.36. The number of esters is 1. The van der Waals surface area contributed by atoms with E-state index in [2.05, 4.69) is 20.9 Å². The molecule has 0 aliphatic heterocycles. The molecule has 0 amide bonds. The minimum absolute atomic E-state index is 0.186. The van der Waals surface area contributed by atoms with Crippen LogP contribution in [-0.2, 0) is 15.7 Å². The first kappa shape index (κ1) is 19.2. The molecule has 140 valence electrons. The first-order valence-electron chi connectivity index (χ1n) is 7.99. The number of fused-ring (bicyclic) bond motifs is 1. The van der Waals surface area contributed by atoms with E-state index in [0.29, 0.717) is 16.8 Å². The van der Waals surface area contributed by atoms with Crippen molar-refractivity contribution in [3.05, 3.63) is 70.5 Å². The van der Waals surface area contributed by atoms with Crippen molar-refractivity contribution in [3.63, 3.8) is 0 Å². The minimum Gasteiger partial charge on any atom is -0.463 e. The first-order valence-corrected chi connectivity index (χ1v) is 8.78. The summed E-state index contributed by atoms with van der Waals surface area (Å²) in [6.07, 6.45) is -1.88. The van der Waals surface area contributed by atoms with Crippen LogP contribution in [0.15, 0.2) is 59.3 Å². The number of halogens is 4. The molecule has 3 rings (SSSR count). The Morgan fingerprint density at radius 1 is 1.26 bits per heavy atom. The number of hydrogen-bond donors (Lipinski definition) is 0. The van der Waals surface area contributed by atoms with Gasteiger partial charge in [0.15, 0.2) is 0 Å². The Balaban J connectivity index is 2.25. The zero-order chi connectivity index (χ0) is 19.6. The van der Waals surface area contributed by atoms with E-state index in [1.54, 1.807) is 37.3 Å². The summed E-state index contributed by atoms with van der Waals surface area (Å²) in [5.74, 6) is -0.593. The molecular weight excluding hydrogens is 425 g/mol. The highest BCUT2D eigenvalue weighted by Crippen LogP contribution is 2.36. The predicted molar refractivity (Wildman–Crippen MR) is 98.9 cm³/mol. The Hall–Kier alpha value is -2.61. The number of imidazole rings is 1. The zero-order valence-electron chi connectivity index (χ0n) is 14.1. The van der Waals surface area contributed by atoms with Gasteiger partial charge in [-0.3, -0.25) is 4.57 Å². The van der Waals surface area contributed by atoms with Crippen LogP contribution in [-0.4, -0.2) is 22.1 Å². The van der Waals surface area contributed by atoms with Gasteiger partial charge in [-0.1, -0.05) is 30.3 Å². The van der Waals surface area contributed by atoms with Gasteiger partial charge in [-0.15, -0.1) is 0 Å². The highest BCUT2D eigenvalue weighted by Gasteiger charge is 2.32. The Morgan fingerprint density at radius 3 is 2.59 bits per heavy atom. The molecule has 3 aromatic rings. The van der Waals surface area contributed by atoms with Crippen LogP contribution in [0.1, 0.15) is 18.1 Å². The van der Waals surface area contributed by atoms with Crippen molar-refractivity contribution in [1.82, 2.24) is 9.55 Å². The molecule has 0 unspecified atom stereocenters. The van der Waals surface area contributed by atoms with Gasteiger partial charge >= 0.3 is 12.1 Å². The smallest absolute Gasteiger partial charge is 0.416 e. The number of ether oxygens (including phenoxy) is 1. The van der Waals surface area contributed by atoms with Crippen molar-refractivity contribution in [3.8, 4) is 0 Å². The molecule has 27 heavy (non-hydrogen) atoms. The molecule has 8 heteroatoms. The molecule has 0 saturated carbocycles. The van der Waals surface area contributed by atoms with E-state index in [0.717, 1.165) is 12.1 Å². The van der Waals surface area contributed by atoms with Gasteiger partial charge in [0.2, 0.25) is 0 Å². The van der Waals surface area contributed by atoms with Crippen LogP contribution in [0.3, 0.4) is 0 Å². The van der Waals surface area contributed by atoms with Gasteiger partial charge < -0.3 is 4.74 Å². The van der Waals surface area contributed by atoms with Crippen molar-refractivity contribution >= 4 is 38.6 Å². The largest absolute Gasteiger partial charge is 0.463 e. The van der Waals surface area contributed by atoms with Crippen molar-refractivity contribution in [2.24, 2.45) is 0 Å². The van der Waals surface area contributed by atoms with Gasteiger partial charge in [0, 0.05) is 10.5 Å². The monoisotopic (exact) mass is 438 g/mol. The number of benzene rings is 2. The highest BCUT2D eigenvalue weighted by molar-refractivity contribution is 9.10. The standard InChI is InChI=1S/C19H14BrF3N2O2/c1-2-27-17(26)10-15(12-6-4-3-5-7-12)25-11-24-18-14(20)8-13(9-16(18)25)19(21,22)23/h3-11H,2H2,1H3/b15-10+. The van der Waals surface area contributed by atoms with Crippen LogP contribution >= 0.6 is 15.9 Å². The van der Waals surface area contributed by atoms with E-state index >= 15 is 0 Å². The van der Waals surface area contributed by atoms with E-state index in [1.807, 2.05) is 0 Å². The van der Waals surface area contributed by atoms with Gasteiger partial charge in [-0.2, -0.15) is 13.2 Å². The summed E-state index contributed by atoms with van der Waals surface area (Å²) in [5.41, 5.74) is 0.762. The summed E-state index contributed by atoms with van der Waals surface area (Å²) in [4.78, 5) is 16.2. The summed E-state index contributed by atoms with van der Waals surface area (Å²) in [6, 6.07) is 10.8. The number of alkyl halides is 3. The highest BCUT2D eigenvalue weighted by atomic mass is 79.9. The third-order valence-corrected chi connectivity index (χ3v) is 4.41. The molecule has 0 aliphatic carbocycles. The summed E-state index contributed by atoms with van der Waals surface area (Å²) < 4.78 is 46.3. The molecule has 0 bridgehead atoms. The third kappa shape index (κ3) is 4.05. The molecule has 0 spiro atoms. The van der Waals surface area contributed by atoms with Crippen molar-refractivity contribution in [2.45, 2.75) is 13.1 Å². The number of rotatable bonds is 4. The second kappa shape index (κ2) is 7.56. The lowest BCUT2D eigenvalue weighted by Gasteiger charge is -2.12. The van der Waals surface area contributed by atoms with Crippen LogP contribution in [0, 0.1) is 0 Å².